The van der Waals surface area contributed by atoms with Gasteiger partial charge in [-0.3, -0.25) is 4.57 Å². The number of aromatic nitrogens is 3. The summed E-state index contributed by atoms with van der Waals surface area (Å²) in [6.07, 6.45) is -1.24. The Morgan fingerprint density at radius 1 is 1.54 bits per heavy atom. The number of halogens is 2. The van der Waals surface area contributed by atoms with E-state index in [2.05, 4.69) is 17.7 Å². The molecule has 5 nitrogen and oxygen atoms in total. The van der Waals surface area contributed by atoms with Crippen molar-refractivity contribution in [2.75, 3.05) is 0 Å². The van der Waals surface area contributed by atoms with E-state index < -0.39 is 23.7 Å². The molecule has 3 rings (SSSR count). The molecule has 0 bridgehead atoms. The van der Waals surface area contributed by atoms with Gasteiger partial charge in [-0.2, -0.15) is 9.94 Å². The maximum Gasteiger partial charge on any atom is 0.351 e. The number of nitrogens with zero attached hydrogens (tertiary/aromatic N) is 4. The van der Waals surface area contributed by atoms with Crippen LogP contribution in [0.25, 0.3) is 5.70 Å². The third kappa shape index (κ3) is 2.54. The Morgan fingerprint density at radius 2 is 2.25 bits per heavy atom. The van der Waals surface area contributed by atoms with Gasteiger partial charge in [0.25, 0.3) is 0 Å². The van der Waals surface area contributed by atoms with Gasteiger partial charge in [0.2, 0.25) is 0 Å². The molecular formula is C17H16F2N4O. The van der Waals surface area contributed by atoms with Crippen LogP contribution in [-0.2, 0) is 0 Å². The first-order valence-electron chi connectivity index (χ1n) is 7.61. The summed E-state index contributed by atoms with van der Waals surface area (Å²) in [7, 11) is 0. The molecule has 0 fully saturated rings. The zero-order valence-corrected chi connectivity index (χ0v) is 13.1. The molecule has 0 radical (unpaired) electrons. The normalized spacial score (nSPS) is 20.4. The first kappa shape index (κ1) is 16.1. The van der Waals surface area contributed by atoms with Gasteiger partial charge in [0.05, 0.1) is 12.1 Å². The molecule has 3 unspecified atom stereocenters. The van der Waals surface area contributed by atoms with Gasteiger partial charge in [-0.15, -0.1) is 5.10 Å². The second-order valence-electron chi connectivity index (χ2n) is 5.96. The number of allylic oxidation sites excluding steroid dienone is 1. The Hall–Kier alpha value is -2.75. The lowest BCUT2D eigenvalue weighted by Crippen LogP contribution is -2.27. The average molecular weight is 330 g/mol. The van der Waals surface area contributed by atoms with Gasteiger partial charge in [-0.25, -0.2) is 13.6 Å². The van der Waals surface area contributed by atoms with Crippen molar-refractivity contribution in [3.8, 4) is 6.07 Å². The Bertz CT molecular complexity index is 893. The third-order valence-corrected chi connectivity index (χ3v) is 4.18. The van der Waals surface area contributed by atoms with Crippen molar-refractivity contribution in [1.82, 2.24) is 14.3 Å². The van der Waals surface area contributed by atoms with E-state index in [4.69, 9.17) is 5.26 Å². The van der Waals surface area contributed by atoms with Gasteiger partial charge in [0, 0.05) is 30.0 Å². The van der Waals surface area contributed by atoms with E-state index in [1.165, 1.54) is 16.7 Å². The number of fused-ring (bicyclic) bond motifs is 1. The highest BCUT2D eigenvalue weighted by Crippen LogP contribution is 2.39. The molecule has 7 heteroatoms. The molecule has 2 heterocycles. The van der Waals surface area contributed by atoms with E-state index >= 15 is 0 Å². The highest BCUT2D eigenvalue weighted by Gasteiger charge is 2.38. The lowest BCUT2D eigenvalue weighted by molar-refractivity contribution is 0.324. The van der Waals surface area contributed by atoms with Crippen molar-refractivity contribution in [2.24, 2.45) is 5.92 Å². The van der Waals surface area contributed by atoms with E-state index in [1.807, 2.05) is 0 Å². The summed E-state index contributed by atoms with van der Waals surface area (Å²) in [4.78, 5) is 12.6. The lowest BCUT2D eigenvalue weighted by atomic mass is 10.0. The number of alkyl halides is 1. The Balaban J connectivity index is 2.04. The standard InChI is InChI=1S/C17H16F2N4O/c1-10(9-20)7-11(2)23-17(24)22-15(8-14(19)16(22)21-23)12-5-3-4-6-13(12)18/h3-6,10,14-15H,2,7-8H2,1H3. The molecule has 1 aromatic carbocycles. The van der Waals surface area contributed by atoms with Gasteiger partial charge in [0.15, 0.2) is 12.0 Å². The Kier molecular flexibility index (Phi) is 4.06. The van der Waals surface area contributed by atoms with Crippen LogP contribution in [0.5, 0.6) is 0 Å². The molecule has 3 atom stereocenters. The molecular weight excluding hydrogens is 314 g/mol. The summed E-state index contributed by atoms with van der Waals surface area (Å²) >= 11 is 0. The highest BCUT2D eigenvalue weighted by atomic mass is 19.1. The quantitative estimate of drug-likeness (QED) is 0.865. The van der Waals surface area contributed by atoms with E-state index in [0.717, 1.165) is 4.68 Å². The van der Waals surface area contributed by atoms with Crippen molar-refractivity contribution >= 4 is 5.70 Å². The number of hydrogen-bond acceptors (Lipinski definition) is 3. The van der Waals surface area contributed by atoms with Crippen LogP contribution >= 0.6 is 0 Å². The highest BCUT2D eigenvalue weighted by molar-refractivity contribution is 5.40. The second kappa shape index (κ2) is 6.04. The summed E-state index contributed by atoms with van der Waals surface area (Å²) in [5.74, 6) is -0.859. The van der Waals surface area contributed by atoms with Crippen LogP contribution in [0.3, 0.4) is 0 Å². The minimum absolute atomic E-state index is 0.0274. The van der Waals surface area contributed by atoms with E-state index in [0.29, 0.717) is 5.70 Å². The van der Waals surface area contributed by atoms with Crippen molar-refractivity contribution in [3.05, 3.63) is 58.5 Å². The zero-order valence-electron chi connectivity index (χ0n) is 13.1. The van der Waals surface area contributed by atoms with Crippen LogP contribution in [0.4, 0.5) is 8.78 Å². The van der Waals surface area contributed by atoms with Crippen LogP contribution in [0.15, 0.2) is 35.6 Å². The predicted octanol–water partition coefficient (Wildman–Crippen LogP) is 3.21. The fourth-order valence-electron chi connectivity index (χ4n) is 3.01. The summed E-state index contributed by atoms with van der Waals surface area (Å²) in [5.41, 5.74) is 0.0144. The third-order valence-electron chi connectivity index (χ3n) is 4.18. The van der Waals surface area contributed by atoms with Gasteiger partial charge in [-0.05, 0) is 13.0 Å². The molecule has 1 aliphatic rings. The first-order valence-corrected chi connectivity index (χ1v) is 7.61. The minimum Gasteiger partial charge on any atom is -0.268 e. The van der Waals surface area contributed by atoms with Crippen molar-refractivity contribution < 1.29 is 8.78 Å². The first-order chi connectivity index (χ1) is 11.4. The van der Waals surface area contributed by atoms with Gasteiger partial charge >= 0.3 is 5.69 Å². The number of nitriles is 1. The maximum atomic E-state index is 14.3. The van der Waals surface area contributed by atoms with E-state index in [9.17, 15) is 13.6 Å². The Labute approximate surface area is 137 Å². The molecule has 124 valence electrons. The SMILES string of the molecule is C=C(CC(C)C#N)n1nc2n(c1=O)C(c1ccccc1F)CC2F. The topological polar surface area (TPSA) is 63.6 Å². The van der Waals surface area contributed by atoms with E-state index in [-0.39, 0.29) is 30.1 Å². The number of benzene rings is 1. The fourth-order valence-corrected chi connectivity index (χ4v) is 3.01. The van der Waals surface area contributed by atoms with Crippen LogP contribution in [-0.4, -0.2) is 14.3 Å². The van der Waals surface area contributed by atoms with Gasteiger partial charge in [0.1, 0.15) is 5.82 Å². The molecule has 1 aliphatic heterocycles. The largest absolute Gasteiger partial charge is 0.351 e. The zero-order chi connectivity index (χ0) is 17.4. The lowest BCUT2D eigenvalue weighted by Gasteiger charge is -2.13. The van der Waals surface area contributed by atoms with Crippen molar-refractivity contribution in [2.45, 2.75) is 32.0 Å². The van der Waals surface area contributed by atoms with Crippen LogP contribution in [0.2, 0.25) is 0 Å². The molecule has 0 spiro atoms. The van der Waals surface area contributed by atoms with Crippen molar-refractivity contribution in [3.63, 3.8) is 0 Å². The molecule has 2 aromatic rings. The predicted molar refractivity (Wildman–Crippen MR) is 84.2 cm³/mol. The Morgan fingerprint density at radius 3 is 2.92 bits per heavy atom. The molecule has 1 aromatic heterocycles. The fraction of sp³-hybridized carbons (Fsp3) is 0.353. The summed E-state index contributed by atoms with van der Waals surface area (Å²) in [6, 6.07) is 7.32. The number of hydrogen-bond donors (Lipinski definition) is 0. The van der Waals surface area contributed by atoms with Crippen LogP contribution < -0.4 is 5.69 Å². The molecule has 0 saturated heterocycles. The minimum atomic E-state index is -1.45. The van der Waals surface area contributed by atoms with Crippen molar-refractivity contribution in [1.29, 1.82) is 5.26 Å². The van der Waals surface area contributed by atoms with Gasteiger partial charge < -0.3 is 0 Å². The molecule has 0 saturated carbocycles. The van der Waals surface area contributed by atoms with E-state index in [1.54, 1.807) is 19.1 Å². The van der Waals surface area contributed by atoms with Gasteiger partial charge in [-0.1, -0.05) is 24.8 Å². The molecule has 0 N–H and O–H groups in total. The summed E-state index contributed by atoms with van der Waals surface area (Å²) in [6.45, 7) is 5.46. The molecule has 0 amide bonds. The van der Waals surface area contributed by atoms with Crippen LogP contribution in [0, 0.1) is 23.1 Å². The molecule has 0 aliphatic carbocycles. The molecule has 24 heavy (non-hydrogen) atoms. The average Bonchev–Trinajstić information content (AvgIpc) is 3.06. The number of rotatable bonds is 4. The smallest absolute Gasteiger partial charge is 0.268 e. The second-order valence-corrected chi connectivity index (χ2v) is 5.96. The monoisotopic (exact) mass is 330 g/mol. The summed E-state index contributed by atoms with van der Waals surface area (Å²) in [5, 5.41) is 12.9. The van der Waals surface area contributed by atoms with Crippen LogP contribution in [0.1, 0.15) is 43.4 Å². The summed E-state index contributed by atoms with van der Waals surface area (Å²) < 4.78 is 30.6. The maximum absolute atomic E-state index is 14.3.